The van der Waals surface area contributed by atoms with E-state index in [0.29, 0.717) is 23.9 Å². The van der Waals surface area contributed by atoms with Gasteiger partial charge in [-0.25, -0.2) is 0 Å². The van der Waals surface area contributed by atoms with Crippen LogP contribution in [-0.2, 0) is 0 Å². The summed E-state index contributed by atoms with van der Waals surface area (Å²) in [5, 5.41) is 10.4. The van der Waals surface area contributed by atoms with Crippen molar-refractivity contribution in [2.45, 2.75) is 64.6 Å². The Morgan fingerprint density at radius 3 is 2.63 bits per heavy atom. The summed E-state index contributed by atoms with van der Waals surface area (Å²) in [7, 11) is 2.21. The van der Waals surface area contributed by atoms with Crippen LogP contribution in [0, 0.1) is 11.8 Å². The standard InChI is InChI=1S/C16H32N2O/c1-5-18-8-6-7-14(18)11-17(4)16-13(3)9-12(2)10-15(16)19/h12-16,19H,5-11H2,1-4H3. The lowest BCUT2D eigenvalue weighted by Crippen LogP contribution is -2.52. The molecule has 0 aromatic heterocycles. The molecule has 2 fully saturated rings. The first-order valence-electron chi connectivity index (χ1n) is 8.15. The number of aliphatic hydroxyl groups is 1. The summed E-state index contributed by atoms with van der Waals surface area (Å²) >= 11 is 0. The molecule has 5 atom stereocenters. The van der Waals surface area contributed by atoms with E-state index in [1.54, 1.807) is 0 Å². The molecule has 1 saturated heterocycles. The third kappa shape index (κ3) is 3.50. The molecule has 0 amide bonds. The number of hydrogen-bond donors (Lipinski definition) is 1. The van der Waals surface area contributed by atoms with Gasteiger partial charge in [0.05, 0.1) is 6.10 Å². The van der Waals surface area contributed by atoms with Crippen molar-refractivity contribution in [3.8, 4) is 0 Å². The molecule has 1 saturated carbocycles. The summed E-state index contributed by atoms with van der Waals surface area (Å²) in [6.07, 6.45) is 4.76. The van der Waals surface area contributed by atoms with Crippen molar-refractivity contribution in [3.05, 3.63) is 0 Å². The monoisotopic (exact) mass is 268 g/mol. The molecular weight excluding hydrogens is 236 g/mol. The van der Waals surface area contributed by atoms with E-state index in [2.05, 4.69) is 37.6 Å². The topological polar surface area (TPSA) is 26.7 Å². The van der Waals surface area contributed by atoms with Crippen molar-refractivity contribution in [1.82, 2.24) is 9.80 Å². The van der Waals surface area contributed by atoms with Gasteiger partial charge in [-0.1, -0.05) is 20.8 Å². The van der Waals surface area contributed by atoms with Crippen molar-refractivity contribution in [3.63, 3.8) is 0 Å². The van der Waals surface area contributed by atoms with Crippen molar-refractivity contribution in [1.29, 1.82) is 0 Å². The molecule has 5 unspecified atom stereocenters. The minimum Gasteiger partial charge on any atom is -0.391 e. The molecule has 0 spiro atoms. The second-order valence-corrected chi connectivity index (χ2v) is 6.98. The molecule has 0 radical (unpaired) electrons. The molecule has 19 heavy (non-hydrogen) atoms. The molecule has 3 nitrogen and oxygen atoms in total. The van der Waals surface area contributed by atoms with Crippen molar-refractivity contribution < 1.29 is 5.11 Å². The average molecular weight is 268 g/mol. The third-order valence-corrected chi connectivity index (χ3v) is 5.31. The molecule has 0 aromatic carbocycles. The van der Waals surface area contributed by atoms with Crippen LogP contribution in [0.4, 0.5) is 0 Å². The van der Waals surface area contributed by atoms with Crippen LogP contribution in [0.15, 0.2) is 0 Å². The predicted molar refractivity (Wildman–Crippen MR) is 80.3 cm³/mol. The Labute approximate surface area is 119 Å². The molecule has 0 bridgehead atoms. The van der Waals surface area contributed by atoms with Gasteiger partial charge in [-0.3, -0.25) is 9.80 Å². The number of aliphatic hydroxyl groups excluding tert-OH is 1. The van der Waals surface area contributed by atoms with Crippen LogP contribution < -0.4 is 0 Å². The fourth-order valence-electron chi connectivity index (χ4n) is 4.50. The fraction of sp³-hybridized carbons (Fsp3) is 1.00. The first-order valence-corrected chi connectivity index (χ1v) is 8.15. The lowest BCUT2D eigenvalue weighted by atomic mass is 9.77. The quantitative estimate of drug-likeness (QED) is 0.847. The second-order valence-electron chi connectivity index (χ2n) is 6.98. The maximum Gasteiger partial charge on any atom is 0.0700 e. The molecular formula is C16H32N2O. The Morgan fingerprint density at radius 1 is 1.26 bits per heavy atom. The Kier molecular flexibility index (Phi) is 5.27. The Hall–Kier alpha value is -0.120. The summed E-state index contributed by atoms with van der Waals surface area (Å²) in [6, 6.07) is 1.06. The van der Waals surface area contributed by atoms with E-state index in [4.69, 9.17) is 0 Å². The Balaban J connectivity index is 1.93. The van der Waals surface area contributed by atoms with Crippen LogP contribution in [0.5, 0.6) is 0 Å². The summed E-state index contributed by atoms with van der Waals surface area (Å²) in [5.41, 5.74) is 0. The van der Waals surface area contributed by atoms with Gasteiger partial charge in [0.25, 0.3) is 0 Å². The van der Waals surface area contributed by atoms with Crippen molar-refractivity contribution in [2.75, 3.05) is 26.7 Å². The Morgan fingerprint density at radius 2 is 2.00 bits per heavy atom. The smallest absolute Gasteiger partial charge is 0.0700 e. The van der Waals surface area contributed by atoms with Gasteiger partial charge in [-0.05, 0) is 57.7 Å². The zero-order valence-electron chi connectivity index (χ0n) is 13.2. The highest BCUT2D eigenvalue weighted by Gasteiger charge is 2.36. The van der Waals surface area contributed by atoms with Gasteiger partial charge in [0.15, 0.2) is 0 Å². The van der Waals surface area contributed by atoms with E-state index in [0.717, 1.165) is 19.5 Å². The van der Waals surface area contributed by atoms with Gasteiger partial charge in [0.1, 0.15) is 0 Å². The van der Waals surface area contributed by atoms with Crippen molar-refractivity contribution >= 4 is 0 Å². The predicted octanol–water partition coefficient (Wildman–Crippen LogP) is 2.20. The van der Waals surface area contributed by atoms with E-state index in [9.17, 15) is 5.11 Å². The van der Waals surface area contributed by atoms with Gasteiger partial charge in [0.2, 0.25) is 0 Å². The highest BCUT2D eigenvalue weighted by molar-refractivity contribution is 4.91. The molecule has 1 aliphatic carbocycles. The second kappa shape index (κ2) is 6.55. The van der Waals surface area contributed by atoms with Gasteiger partial charge in [-0.2, -0.15) is 0 Å². The first kappa shape index (κ1) is 15.3. The normalized spacial score (nSPS) is 41.1. The summed E-state index contributed by atoms with van der Waals surface area (Å²) in [5.74, 6) is 1.29. The molecule has 1 N–H and O–H groups in total. The number of hydrogen-bond acceptors (Lipinski definition) is 3. The average Bonchev–Trinajstić information content (AvgIpc) is 2.74. The van der Waals surface area contributed by atoms with Gasteiger partial charge in [-0.15, -0.1) is 0 Å². The summed E-state index contributed by atoms with van der Waals surface area (Å²) in [4.78, 5) is 5.04. The zero-order valence-corrected chi connectivity index (χ0v) is 13.2. The lowest BCUT2D eigenvalue weighted by Gasteiger charge is -2.43. The van der Waals surface area contributed by atoms with Crippen LogP contribution in [0.2, 0.25) is 0 Å². The van der Waals surface area contributed by atoms with Crippen LogP contribution >= 0.6 is 0 Å². The maximum atomic E-state index is 10.4. The minimum absolute atomic E-state index is 0.139. The highest BCUT2D eigenvalue weighted by atomic mass is 16.3. The fourth-order valence-corrected chi connectivity index (χ4v) is 4.50. The van der Waals surface area contributed by atoms with Gasteiger partial charge in [0, 0.05) is 18.6 Å². The molecule has 1 aliphatic heterocycles. The van der Waals surface area contributed by atoms with E-state index in [1.807, 2.05) is 0 Å². The number of likely N-dealkylation sites (tertiary alicyclic amines) is 1. The number of rotatable bonds is 4. The molecule has 112 valence electrons. The third-order valence-electron chi connectivity index (χ3n) is 5.31. The van der Waals surface area contributed by atoms with Gasteiger partial charge < -0.3 is 5.11 Å². The molecule has 2 rings (SSSR count). The van der Waals surface area contributed by atoms with Crippen molar-refractivity contribution in [2.24, 2.45) is 11.8 Å². The van der Waals surface area contributed by atoms with Crippen LogP contribution in [0.3, 0.4) is 0 Å². The molecule has 2 aliphatic rings. The van der Waals surface area contributed by atoms with Gasteiger partial charge >= 0.3 is 0 Å². The SMILES string of the molecule is CCN1CCCC1CN(C)C1C(C)CC(C)CC1O. The van der Waals surface area contributed by atoms with E-state index < -0.39 is 0 Å². The first-order chi connectivity index (χ1) is 9.02. The number of nitrogens with zero attached hydrogens (tertiary/aromatic N) is 2. The summed E-state index contributed by atoms with van der Waals surface area (Å²) < 4.78 is 0. The Bertz CT molecular complexity index is 272. The zero-order chi connectivity index (χ0) is 14.0. The van der Waals surface area contributed by atoms with E-state index in [-0.39, 0.29) is 6.10 Å². The summed E-state index contributed by atoms with van der Waals surface area (Å²) in [6.45, 7) is 10.4. The highest BCUT2D eigenvalue weighted by Crippen LogP contribution is 2.32. The van der Waals surface area contributed by atoms with Crippen LogP contribution in [-0.4, -0.2) is 59.8 Å². The minimum atomic E-state index is -0.139. The molecule has 3 heteroatoms. The molecule has 1 heterocycles. The van der Waals surface area contributed by atoms with E-state index >= 15 is 0 Å². The van der Waals surface area contributed by atoms with Crippen LogP contribution in [0.1, 0.15) is 46.5 Å². The number of likely N-dealkylation sites (N-methyl/N-ethyl adjacent to an activating group) is 2. The lowest BCUT2D eigenvalue weighted by molar-refractivity contribution is -0.0206. The van der Waals surface area contributed by atoms with E-state index in [1.165, 1.54) is 25.8 Å². The molecule has 0 aromatic rings. The van der Waals surface area contributed by atoms with Crippen LogP contribution in [0.25, 0.3) is 0 Å². The maximum absolute atomic E-state index is 10.4. The largest absolute Gasteiger partial charge is 0.391 e.